The van der Waals surface area contributed by atoms with E-state index in [9.17, 15) is 0 Å². The van der Waals surface area contributed by atoms with E-state index in [0.717, 1.165) is 24.7 Å². The molecule has 0 rings (SSSR count). The SMILES string of the molecule is C/C=C(\C)OCCC(C)C. The minimum Gasteiger partial charge on any atom is -0.499 e. The van der Waals surface area contributed by atoms with Crippen LogP contribution >= 0.6 is 0 Å². The molecule has 10 heavy (non-hydrogen) atoms. The molecule has 0 aliphatic rings. The van der Waals surface area contributed by atoms with Gasteiger partial charge in [-0.15, -0.1) is 0 Å². The standard InChI is InChI=1S/C9H18O/c1-5-9(4)10-7-6-8(2)3/h5,8H,6-7H2,1-4H3/b9-5+. The zero-order chi connectivity index (χ0) is 7.98. The van der Waals surface area contributed by atoms with Crippen LogP contribution < -0.4 is 0 Å². The molecule has 0 bridgehead atoms. The number of rotatable bonds is 4. The van der Waals surface area contributed by atoms with Crippen LogP contribution in [0.5, 0.6) is 0 Å². The van der Waals surface area contributed by atoms with Crippen molar-refractivity contribution in [1.82, 2.24) is 0 Å². The van der Waals surface area contributed by atoms with Gasteiger partial charge in [-0.1, -0.05) is 19.9 Å². The molecular weight excluding hydrogens is 124 g/mol. The van der Waals surface area contributed by atoms with Crippen LogP contribution in [0.3, 0.4) is 0 Å². The molecule has 0 amide bonds. The van der Waals surface area contributed by atoms with Gasteiger partial charge >= 0.3 is 0 Å². The second-order valence-corrected chi connectivity index (χ2v) is 2.93. The lowest BCUT2D eigenvalue weighted by Crippen LogP contribution is -1.96. The van der Waals surface area contributed by atoms with Gasteiger partial charge in [0.05, 0.1) is 12.4 Å². The van der Waals surface area contributed by atoms with Crippen LogP contribution in [0.15, 0.2) is 11.8 Å². The second-order valence-electron chi connectivity index (χ2n) is 2.93. The van der Waals surface area contributed by atoms with Crippen LogP contribution in [-0.4, -0.2) is 6.61 Å². The maximum absolute atomic E-state index is 5.36. The zero-order valence-corrected chi connectivity index (χ0v) is 7.48. The van der Waals surface area contributed by atoms with Gasteiger partial charge in [-0.2, -0.15) is 0 Å². The molecule has 0 saturated carbocycles. The maximum atomic E-state index is 5.36. The van der Waals surface area contributed by atoms with Crippen molar-refractivity contribution in [1.29, 1.82) is 0 Å². The fourth-order valence-electron chi connectivity index (χ4n) is 0.539. The Morgan fingerprint density at radius 3 is 2.50 bits per heavy atom. The van der Waals surface area contributed by atoms with E-state index in [1.165, 1.54) is 0 Å². The van der Waals surface area contributed by atoms with Gasteiger partial charge in [-0.05, 0) is 26.2 Å². The quantitative estimate of drug-likeness (QED) is 0.548. The molecule has 0 heterocycles. The van der Waals surface area contributed by atoms with Crippen molar-refractivity contribution in [2.24, 2.45) is 5.92 Å². The molecule has 1 nitrogen and oxygen atoms in total. The van der Waals surface area contributed by atoms with E-state index in [2.05, 4.69) is 13.8 Å². The summed E-state index contributed by atoms with van der Waals surface area (Å²) in [5.41, 5.74) is 0. The molecule has 0 aliphatic heterocycles. The summed E-state index contributed by atoms with van der Waals surface area (Å²) >= 11 is 0. The fourth-order valence-corrected chi connectivity index (χ4v) is 0.539. The lowest BCUT2D eigenvalue weighted by molar-refractivity contribution is 0.197. The van der Waals surface area contributed by atoms with Gasteiger partial charge in [-0.3, -0.25) is 0 Å². The molecule has 0 spiro atoms. The molecule has 60 valence electrons. The minimum atomic E-state index is 0.740. The lowest BCUT2D eigenvalue weighted by Gasteiger charge is -2.06. The smallest absolute Gasteiger partial charge is 0.0886 e. The largest absolute Gasteiger partial charge is 0.499 e. The topological polar surface area (TPSA) is 9.23 Å². The molecule has 0 aliphatic carbocycles. The molecule has 0 fully saturated rings. The molecule has 0 radical (unpaired) electrons. The Hall–Kier alpha value is -0.460. The molecule has 0 N–H and O–H groups in total. The monoisotopic (exact) mass is 142 g/mol. The summed E-state index contributed by atoms with van der Waals surface area (Å²) in [6, 6.07) is 0. The molecule has 0 aromatic heterocycles. The second kappa shape index (κ2) is 5.33. The van der Waals surface area contributed by atoms with Gasteiger partial charge in [0.25, 0.3) is 0 Å². The molecule has 0 saturated heterocycles. The average molecular weight is 142 g/mol. The number of allylic oxidation sites excluding steroid dienone is 2. The molecule has 0 unspecified atom stereocenters. The van der Waals surface area contributed by atoms with E-state index in [1.54, 1.807) is 0 Å². The number of hydrogen-bond donors (Lipinski definition) is 0. The highest BCUT2D eigenvalue weighted by molar-refractivity contribution is 4.83. The molecule has 1 heteroatoms. The Morgan fingerprint density at radius 1 is 1.50 bits per heavy atom. The van der Waals surface area contributed by atoms with E-state index in [0.29, 0.717) is 0 Å². The van der Waals surface area contributed by atoms with Crippen molar-refractivity contribution >= 4 is 0 Å². The first-order valence-corrected chi connectivity index (χ1v) is 3.92. The van der Waals surface area contributed by atoms with Gasteiger partial charge in [0.15, 0.2) is 0 Å². The molecule has 0 aromatic rings. The van der Waals surface area contributed by atoms with E-state index >= 15 is 0 Å². The summed E-state index contributed by atoms with van der Waals surface area (Å²) < 4.78 is 5.36. The van der Waals surface area contributed by atoms with Gasteiger partial charge in [-0.25, -0.2) is 0 Å². The van der Waals surface area contributed by atoms with Crippen LogP contribution in [0, 0.1) is 5.92 Å². The Kier molecular flexibility index (Phi) is 5.09. The summed E-state index contributed by atoms with van der Waals surface area (Å²) in [6.45, 7) is 9.24. The van der Waals surface area contributed by atoms with Gasteiger partial charge in [0.2, 0.25) is 0 Å². The van der Waals surface area contributed by atoms with E-state index in [1.807, 2.05) is 19.9 Å². The maximum Gasteiger partial charge on any atom is 0.0886 e. The van der Waals surface area contributed by atoms with Crippen molar-refractivity contribution in [3.05, 3.63) is 11.8 Å². The first-order chi connectivity index (χ1) is 4.66. The first kappa shape index (κ1) is 9.54. The highest BCUT2D eigenvalue weighted by atomic mass is 16.5. The highest BCUT2D eigenvalue weighted by Crippen LogP contribution is 2.02. The van der Waals surface area contributed by atoms with Crippen LogP contribution in [0.25, 0.3) is 0 Å². The van der Waals surface area contributed by atoms with Gasteiger partial charge in [0.1, 0.15) is 0 Å². The van der Waals surface area contributed by atoms with Crippen LogP contribution in [0.2, 0.25) is 0 Å². The Labute approximate surface area is 64.1 Å². The third-order valence-corrected chi connectivity index (χ3v) is 1.43. The van der Waals surface area contributed by atoms with Crippen molar-refractivity contribution in [2.75, 3.05) is 6.61 Å². The molecular formula is C9H18O. The van der Waals surface area contributed by atoms with E-state index < -0.39 is 0 Å². The average Bonchev–Trinajstić information content (AvgIpc) is 1.87. The summed E-state index contributed by atoms with van der Waals surface area (Å²) in [4.78, 5) is 0. The molecule has 0 atom stereocenters. The Bertz CT molecular complexity index is 103. The third-order valence-electron chi connectivity index (χ3n) is 1.43. The van der Waals surface area contributed by atoms with Crippen molar-refractivity contribution in [3.8, 4) is 0 Å². The fraction of sp³-hybridized carbons (Fsp3) is 0.778. The Balaban J connectivity index is 3.20. The summed E-state index contributed by atoms with van der Waals surface area (Å²) in [5, 5.41) is 0. The number of hydrogen-bond acceptors (Lipinski definition) is 1. The van der Waals surface area contributed by atoms with Gasteiger partial charge in [0, 0.05) is 0 Å². The molecule has 0 aromatic carbocycles. The Morgan fingerprint density at radius 2 is 2.10 bits per heavy atom. The summed E-state index contributed by atoms with van der Waals surface area (Å²) in [6.07, 6.45) is 3.13. The van der Waals surface area contributed by atoms with Crippen molar-refractivity contribution < 1.29 is 4.74 Å². The predicted molar refractivity (Wildman–Crippen MR) is 44.8 cm³/mol. The van der Waals surface area contributed by atoms with Gasteiger partial charge < -0.3 is 4.74 Å². The summed E-state index contributed by atoms with van der Waals surface area (Å²) in [5.74, 6) is 1.77. The van der Waals surface area contributed by atoms with Crippen LogP contribution in [-0.2, 0) is 4.74 Å². The van der Waals surface area contributed by atoms with E-state index in [-0.39, 0.29) is 0 Å². The zero-order valence-electron chi connectivity index (χ0n) is 7.48. The normalized spacial score (nSPS) is 12.3. The first-order valence-electron chi connectivity index (χ1n) is 3.92. The van der Waals surface area contributed by atoms with Crippen molar-refractivity contribution in [2.45, 2.75) is 34.1 Å². The summed E-state index contributed by atoms with van der Waals surface area (Å²) in [7, 11) is 0. The van der Waals surface area contributed by atoms with E-state index in [4.69, 9.17) is 4.74 Å². The minimum absolute atomic E-state index is 0.740. The lowest BCUT2D eigenvalue weighted by atomic mass is 10.1. The highest BCUT2D eigenvalue weighted by Gasteiger charge is 1.93. The third kappa shape index (κ3) is 5.67. The van der Waals surface area contributed by atoms with Crippen LogP contribution in [0.1, 0.15) is 34.1 Å². The predicted octanol–water partition coefficient (Wildman–Crippen LogP) is 2.97. The van der Waals surface area contributed by atoms with Crippen molar-refractivity contribution in [3.63, 3.8) is 0 Å². The number of ether oxygens (including phenoxy) is 1. The van der Waals surface area contributed by atoms with Crippen LogP contribution in [0.4, 0.5) is 0 Å².